The lowest BCUT2D eigenvalue weighted by Gasteiger charge is -2.01. The highest BCUT2D eigenvalue weighted by atomic mass is 35.5. The van der Waals surface area contributed by atoms with Crippen LogP contribution in [0.3, 0.4) is 0 Å². The molecular weight excluding hydrogens is 943 g/mol. The van der Waals surface area contributed by atoms with E-state index in [1.807, 2.05) is 33.3 Å². The second-order valence-corrected chi connectivity index (χ2v) is 17.2. The first-order valence-corrected chi connectivity index (χ1v) is 22.0. The van der Waals surface area contributed by atoms with Crippen LogP contribution in [0.15, 0.2) is 98.6 Å². The Morgan fingerprint density at radius 2 is 1.15 bits per heavy atom. The smallest absolute Gasteiger partial charge is 0.358 e. The van der Waals surface area contributed by atoms with Crippen LogP contribution in [0.5, 0.6) is 0 Å². The van der Waals surface area contributed by atoms with Gasteiger partial charge in [-0.1, -0.05) is 45.8 Å². The number of aryl methyl sites for hydroxylation is 1. The first-order valence-electron chi connectivity index (χ1n) is 21.3. The second kappa shape index (κ2) is 19.2. The quantitative estimate of drug-likeness (QED) is 0.113. The highest BCUT2D eigenvalue weighted by Gasteiger charge is 2.25. The minimum Gasteiger partial charge on any atom is -0.476 e. The SMILES string of the molecule is Cl.NCc1ncn2ccc(Cl)c(F)c12.O=C(CCc1ncn2ccc(Cl)c(F)c12)c1cn(Cc2cn3cc(C4CC4)ccc3n2)nn1.O=C(O)c1cn(Cc2cn3cc(C4CC4)ccc3n2)nn1. The van der Waals surface area contributed by atoms with E-state index in [2.05, 4.69) is 65.1 Å². The van der Waals surface area contributed by atoms with Gasteiger partial charge in [-0.15, -0.1) is 22.6 Å². The molecule has 3 N–H and O–H groups in total. The molecular formula is C45H40Cl3F2N15O3. The Kier molecular flexibility index (Phi) is 13.0. The zero-order valence-electron chi connectivity index (χ0n) is 35.8. The van der Waals surface area contributed by atoms with Crippen molar-refractivity contribution in [3.05, 3.63) is 166 Å². The van der Waals surface area contributed by atoms with Crippen LogP contribution in [0, 0.1) is 11.6 Å². The number of aromatic nitrogens is 14. The summed E-state index contributed by atoms with van der Waals surface area (Å²) < 4.78 is 38.1. The van der Waals surface area contributed by atoms with Gasteiger partial charge in [-0.2, -0.15) is 0 Å². The number of fused-ring (bicyclic) bond motifs is 4. The third-order valence-electron chi connectivity index (χ3n) is 11.5. The normalized spacial score (nSPS) is 13.4. The number of hydrogen-bond donors (Lipinski definition) is 2. The molecule has 0 unspecified atom stereocenters. The van der Waals surface area contributed by atoms with Crippen molar-refractivity contribution in [3.8, 4) is 0 Å². The number of ketones is 1. The number of imidazole rings is 4. The Labute approximate surface area is 400 Å². The molecule has 348 valence electrons. The summed E-state index contributed by atoms with van der Waals surface area (Å²) >= 11 is 11.5. The Bertz CT molecular complexity index is 3480. The molecule has 2 saturated carbocycles. The lowest BCUT2D eigenvalue weighted by Crippen LogP contribution is -2.03. The third kappa shape index (κ3) is 9.80. The van der Waals surface area contributed by atoms with Gasteiger partial charge in [0.2, 0.25) is 0 Å². The summed E-state index contributed by atoms with van der Waals surface area (Å²) in [5, 5.41) is 24.4. The Morgan fingerprint density at radius 3 is 1.63 bits per heavy atom. The number of carbonyl (C=O) groups is 2. The van der Waals surface area contributed by atoms with Crippen molar-refractivity contribution in [1.82, 2.24) is 67.5 Å². The number of rotatable bonds is 12. The van der Waals surface area contributed by atoms with Gasteiger partial charge in [0.15, 0.2) is 23.1 Å². The molecule has 2 aliphatic rings. The highest BCUT2D eigenvalue weighted by molar-refractivity contribution is 6.31. The largest absolute Gasteiger partial charge is 0.476 e. The van der Waals surface area contributed by atoms with Gasteiger partial charge in [-0.05, 0) is 79.3 Å². The summed E-state index contributed by atoms with van der Waals surface area (Å²) in [6, 6.07) is 11.3. The van der Waals surface area contributed by atoms with Crippen molar-refractivity contribution in [2.45, 2.75) is 70.0 Å². The summed E-state index contributed by atoms with van der Waals surface area (Å²) in [4.78, 5) is 40.8. The minimum absolute atomic E-state index is 0. The third-order valence-corrected chi connectivity index (χ3v) is 12.1. The van der Waals surface area contributed by atoms with Crippen LogP contribution in [0.25, 0.3) is 22.3 Å². The number of carbonyl (C=O) groups excluding carboxylic acids is 1. The van der Waals surface area contributed by atoms with E-state index in [1.54, 1.807) is 32.1 Å². The summed E-state index contributed by atoms with van der Waals surface area (Å²) in [6.45, 7) is 1.02. The van der Waals surface area contributed by atoms with Gasteiger partial charge < -0.3 is 28.4 Å². The average Bonchev–Trinajstić information content (AvgIpc) is 3.90. The fraction of sp³-hybridized carbons (Fsp3) is 0.244. The molecule has 0 saturated heterocycles. The van der Waals surface area contributed by atoms with Crippen molar-refractivity contribution in [2.75, 3.05) is 0 Å². The van der Waals surface area contributed by atoms with E-state index in [1.165, 1.54) is 72.5 Å². The molecule has 0 bridgehead atoms. The van der Waals surface area contributed by atoms with Gasteiger partial charge >= 0.3 is 5.97 Å². The van der Waals surface area contributed by atoms with E-state index < -0.39 is 17.6 Å². The topological polar surface area (TPSA) is 211 Å². The molecule has 10 aromatic heterocycles. The number of carboxylic acids is 1. The van der Waals surface area contributed by atoms with Crippen LogP contribution in [0.2, 0.25) is 10.0 Å². The maximum absolute atomic E-state index is 14.4. The van der Waals surface area contributed by atoms with Crippen LogP contribution in [-0.2, 0) is 26.1 Å². The molecule has 0 atom stereocenters. The zero-order chi connectivity index (χ0) is 46.3. The van der Waals surface area contributed by atoms with E-state index >= 15 is 0 Å². The Balaban J connectivity index is 0.000000141. The van der Waals surface area contributed by atoms with Crippen molar-refractivity contribution in [1.29, 1.82) is 0 Å². The van der Waals surface area contributed by atoms with Crippen LogP contribution in [0.4, 0.5) is 8.78 Å². The fourth-order valence-electron chi connectivity index (χ4n) is 7.76. The first kappa shape index (κ1) is 46.0. The van der Waals surface area contributed by atoms with Gasteiger partial charge in [-0.3, -0.25) is 4.79 Å². The predicted octanol–water partition coefficient (Wildman–Crippen LogP) is 7.66. The summed E-state index contributed by atoms with van der Waals surface area (Å²) in [5.41, 5.74) is 13.3. The molecule has 0 radical (unpaired) electrons. The van der Waals surface area contributed by atoms with E-state index in [9.17, 15) is 18.4 Å². The molecule has 10 heterocycles. The Hall–Kier alpha value is -7.13. The lowest BCUT2D eigenvalue weighted by molar-refractivity contribution is 0.0690. The molecule has 0 aromatic carbocycles. The maximum Gasteiger partial charge on any atom is 0.358 e. The summed E-state index contributed by atoms with van der Waals surface area (Å²) in [6.07, 6.45) is 22.9. The lowest BCUT2D eigenvalue weighted by atomic mass is 10.1. The number of hydrogen-bond acceptors (Lipinski definition) is 11. The highest BCUT2D eigenvalue weighted by Crippen LogP contribution is 2.40. The molecule has 0 spiro atoms. The van der Waals surface area contributed by atoms with Crippen LogP contribution >= 0.6 is 35.6 Å². The van der Waals surface area contributed by atoms with E-state index in [0.717, 1.165) is 22.7 Å². The molecule has 2 aliphatic carbocycles. The van der Waals surface area contributed by atoms with Gasteiger partial charge in [0.1, 0.15) is 28.0 Å². The number of nitrogens with zero attached hydrogens (tertiary/aromatic N) is 14. The van der Waals surface area contributed by atoms with Crippen LogP contribution in [0.1, 0.15) is 98.8 Å². The molecule has 23 heteroatoms. The van der Waals surface area contributed by atoms with E-state index in [4.69, 9.17) is 34.0 Å². The average molecular weight is 983 g/mol. The van der Waals surface area contributed by atoms with Crippen molar-refractivity contribution < 1.29 is 23.5 Å². The van der Waals surface area contributed by atoms with Gasteiger partial charge in [0.05, 0.1) is 71.0 Å². The van der Waals surface area contributed by atoms with Crippen molar-refractivity contribution in [3.63, 3.8) is 0 Å². The molecule has 12 rings (SSSR count). The minimum atomic E-state index is -1.08. The molecule has 2 fully saturated rings. The molecule has 68 heavy (non-hydrogen) atoms. The number of pyridine rings is 4. The monoisotopic (exact) mass is 981 g/mol. The molecule has 0 aliphatic heterocycles. The van der Waals surface area contributed by atoms with Crippen LogP contribution < -0.4 is 5.73 Å². The number of nitrogens with two attached hydrogens (primary N) is 1. The standard InChI is InChI=1S/C23H19ClFN7O.C14H13N5O2.C8H7ClFN3.ClH/c24-17-7-8-30-13-26-18(23(30)22(17)25)4-5-20(33)19-12-32(29-28-19)11-16-10-31-9-15(14-1-2-14)3-6-21(31)27-16;20-14(21)12-8-19(17-16-12)7-11-6-18-5-10(9-1-2-9)3-4-13(18)15-11;9-5-1-2-13-4-12-6(3-11)8(13)7(5)10;/h3,6-10,12-14H,1-2,4-5,11H2;3-6,8-9H,1-2,7H2,(H,20,21);1-2,4H,3,11H2;1H. The molecule has 0 amide bonds. The van der Waals surface area contributed by atoms with Gasteiger partial charge in [0, 0.05) is 50.1 Å². The predicted molar refractivity (Wildman–Crippen MR) is 248 cm³/mol. The number of Topliss-reactive ketones (excluding diaryl/α,β-unsaturated/α-hetero) is 1. The zero-order valence-corrected chi connectivity index (χ0v) is 38.1. The number of carboxylic acid groups (broad SMARTS) is 1. The first-order chi connectivity index (χ1) is 32.5. The number of halogens is 5. The van der Waals surface area contributed by atoms with E-state index in [-0.39, 0.29) is 64.5 Å². The van der Waals surface area contributed by atoms with Gasteiger partial charge in [-0.25, -0.2) is 42.9 Å². The van der Waals surface area contributed by atoms with Crippen LogP contribution in [-0.4, -0.2) is 84.4 Å². The maximum atomic E-state index is 14.4. The summed E-state index contributed by atoms with van der Waals surface area (Å²) in [7, 11) is 0. The van der Waals surface area contributed by atoms with Crippen molar-refractivity contribution >= 4 is 69.7 Å². The summed E-state index contributed by atoms with van der Waals surface area (Å²) in [5.74, 6) is -0.894. The second-order valence-electron chi connectivity index (χ2n) is 16.4. The van der Waals surface area contributed by atoms with Gasteiger partial charge in [0.25, 0.3) is 0 Å². The van der Waals surface area contributed by atoms with E-state index in [0.29, 0.717) is 41.8 Å². The molecule has 10 aromatic rings. The fourth-order valence-corrected chi connectivity index (χ4v) is 8.05. The molecule has 18 nitrogen and oxygen atoms in total. The number of aromatic carboxylic acids is 1. The Morgan fingerprint density at radius 1 is 0.662 bits per heavy atom. The van der Waals surface area contributed by atoms with Crippen molar-refractivity contribution in [2.24, 2.45) is 5.73 Å².